The maximum Gasteiger partial charge on any atom is 0.411 e. The molecule has 182 valence electrons. The van der Waals surface area contributed by atoms with Crippen molar-refractivity contribution in [2.75, 3.05) is 26.3 Å². The van der Waals surface area contributed by atoms with Gasteiger partial charge in [-0.25, -0.2) is 0 Å². The zero-order chi connectivity index (χ0) is 23.7. The topological polar surface area (TPSA) is 63.5 Å². The number of aromatic nitrogens is 3. The fourth-order valence-corrected chi connectivity index (χ4v) is 5.56. The van der Waals surface area contributed by atoms with Crippen LogP contribution in [-0.4, -0.2) is 68.5 Å². The zero-order valence-electron chi connectivity index (χ0n) is 18.5. The Balaban J connectivity index is 1.34. The number of nitrogens with zero attached hydrogens (tertiary/aromatic N) is 5. The Morgan fingerprint density at radius 3 is 2.44 bits per heavy atom. The van der Waals surface area contributed by atoms with Gasteiger partial charge in [0.1, 0.15) is 5.82 Å². The summed E-state index contributed by atoms with van der Waals surface area (Å²) in [7, 11) is 0. The third kappa shape index (κ3) is 3.53. The Morgan fingerprint density at radius 1 is 1.09 bits per heavy atom. The Labute approximate surface area is 199 Å². The van der Waals surface area contributed by atoms with Crippen LogP contribution in [0.25, 0.3) is 5.69 Å². The summed E-state index contributed by atoms with van der Waals surface area (Å²) in [5, 5.41) is 9.29. The number of piperidine rings is 1. The van der Waals surface area contributed by atoms with E-state index >= 15 is 0 Å². The van der Waals surface area contributed by atoms with Gasteiger partial charge in [0, 0.05) is 36.5 Å². The molecule has 3 fully saturated rings. The number of carbonyl (C=O) groups excluding carboxylic acids is 1. The number of alkyl halides is 3. The van der Waals surface area contributed by atoms with E-state index in [0.29, 0.717) is 29.5 Å². The maximum atomic E-state index is 14.1. The number of fused-ring (bicyclic) bond motifs is 3. The second-order valence-electron chi connectivity index (χ2n) is 9.83. The van der Waals surface area contributed by atoms with Crippen molar-refractivity contribution in [2.45, 2.75) is 56.4 Å². The molecule has 2 saturated heterocycles. The minimum absolute atomic E-state index is 0.00117. The van der Waals surface area contributed by atoms with Crippen molar-refractivity contribution in [3.63, 3.8) is 0 Å². The highest BCUT2D eigenvalue weighted by Gasteiger charge is 2.64. The standard InChI is InChI=1S/C23H25ClF3N5O2/c24-17-3-4-18-16(9-17)10-31(22(12-34-13-22)23(25,26)27)11-19-28-29-20(32(18)19)14-5-7-30(8-6-14)21(33)15-1-2-15/h3-4,9,14-15H,1-2,5-8,10-13H2. The molecular formula is C23H25ClF3N5O2. The monoisotopic (exact) mass is 495 g/mol. The van der Waals surface area contributed by atoms with E-state index in [1.54, 1.807) is 12.1 Å². The highest BCUT2D eigenvalue weighted by Crippen LogP contribution is 2.44. The van der Waals surface area contributed by atoms with E-state index in [1.165, 1.54) is 4.90 Å². The Bertz CT molecular complexity index is 1120. The molecule has 3 aliphatic heterocycles. The molecule has 2 aromatic rings. The van der Waals surface area contributed by atoms with Gasteiger partial charge < -0.3 is 9.64 Å². The van der Waals surface area contributed by atoms with Gasteiger partial charge >= 0.3 is 6.18 Å². The summed E-state index contributed by atoms with van der Waals surface area (Å²) in [6.45, 7) is 0.603. The van der Waals surface area contributed by atoms with Crippen molar-refractivity contribution in [3.05, 3.63) is 40.4 Å². The molecule has 0 N–H and O–H groups in total. The van der Waals surface area contributed by atoms with Crippen molar-refractivity contribution in [1.82, 2.24) is 24.6 Å². The summed E-state index contributed by atoms with van der Waals surface area (Å²) >= 11 is 6.25. The molecule has 0 atom stereocenters. The van der Waals surface area contributed by atoms with Crippen molar-refractivity contribution in [1.29, 1.82) is 0 Å². The number of hydrogen-bond donors (Lipinski definition) is 0. The van der Waals surface area contributed by atoms with Crippen LogP contribution in [0.4, 0.5) is 13.2 Å². The first-order valence-corrected chi connectivity index (χ1v) is 12.1. The number of likely N-dealkylation sites (tertiary alicyclic amines) is 1. The maximum absolute atomic E-state index is 14.1. The Morgan fingerprint density at radius 2 is 1.82 bits per heavy atom. The zero-order valence-corrected chi connectivity index (χ0v) is 19.3. The SMILES string of the molecule is O=C(C1CC1)N1CCC(c2nnc3n2-c2ccc(Cl)cc2CN(C2(C(F)(F)F)COC2)C3)CC1. The van der Waals surface area contributed by atoms with Crippen LogP contribution in [0.15, 0.2) is 18.2 Å². The van der Waals surface area contributed by atoms with Gasteiger partial charge in [0.25, 0.3) is 0 Å². The number of ether oxygens (including phenoxy) is 1. The van der Waals surface area contributed by atoms with Crippen LogP contribution in [0, 0.1) is 5.92 Å². The molecule has 1 amide bonds. The molecule has 1 aliphatic carbocycles. The summed E-state index contributed by atoms with van der Waals surface area (Å²) in [5.74, 6) is 1.73. The second kappa shape index (κ2) is 7.93. The minimum atomic E-state index is -4.44. The molecule has 34 heavy (non-hydrogen) atoms. The van der Waals surface area contributed by atoms with Crippen LogP contribution in [-0.2, 0) is 22.6 Å². The molecule has 0 bridgehead atoms. The third-order valence-electron chi connectivity index (χ3n) is 7.64. The lowest BCUT2D eigenvalue weighted by atomic mass is 9.93. The van der Waals surface area contributed by atoms with Crippen molar-refractivity contribution >= 4 is 17.5 Å². The minimum Gasteiger partial charge on any atom is -0.377 e. The Kier molecular flexibility index (Phi) is 5.20. The molecule has 6 rings (SSSR count). The van der Waals surface area contributed by atoms with E-state index in [-0.39, 0.29) is 30.8 Å². The van der Waals surface area contributed by atoms with E-state index in [4.69, 9.17) is 16.3 Å². The second-order valence-corrected chi connectivity index (χ2v) is 10.3. The lowest BCUT2D eigenvalue weighted by Gasteiger charge is -2.49. The number of benzene rings is 1. The summed E-state index contributed by atoms with van der Waals surface area (Å²) in [6.07, 6.45) is -0.969. The van der Waals surface area contributed by atoms with Crippen LogP contribution in [0.2, 0.25) is 5.02 Å². The number of rotatable bonds is 3. The molecule has 0 radical (unpaired) electrons. The van der Waals surface area contributed by atoms with Crippen molar-refractivity contribution in [2.24, 2.45) is 5.92 Å². The first kappa shape index (κ1) is 22.3. The first-order chi connectivity index (χ1) is 16.3. The highest BCUT2D eigenvalue weighted by atomic mass is 35.5. The summed E-state index contributed by atoms with van der Waals surface area (Å²) < 4.78 is 49.4. The summed E-state index contributed by atoms with van der Waals surface area (Å²) in [4.78, 5) is 15.8. The van der Waals surface area contributed by atoms with E-state index < -0.39 is 24.9 Å². The van der Waals surface area contributed by atoms with Gasteiger partial charge in [-0.1, -0.05) is 11.6 Å². The summed E-state index contributed by atoms with van der Waals surface area (Å²) in [6, 6.07) is 5.30. The Hall–Kier alpha value is -2.17. The fraction of sp³-hybridized carbons (Fsp3) is 0.609. The molecule has 4 aliphatic rings. The molecule has 1 saturated carbocycles. The van der Waals surface area contributed by atoms with Gasteiger partial charge in [0.15, 0.2) is 11.4 Å². The van der Waals surface area contributed by atoms with E-state index in [2.05, 4.69) is 10.2 Å². The van der Waals surface area contributed by atoms with E-state index in [0.717, 1.165) is 37.2 Å². The number of carbonyl (C=O) groups is 1. The van der Waals surface area contributed by atoms with Crippen LogP contribution < -0.4 is 0 Å². The molecule has 7 nitrogen and oxygen atoms in total. The van der Waals surface area contributed by atoms with Gasteiger partial charge in [-0.05, 0) is 49.4 Å². The lowest BCUT2D eigenvalue weighted by Crippen LogP contribution is -2.69. The van der Waals surface area contributed by atoms with Crippen molar-refractivity contribution < 1.29 is 22.7 Å². The first-order valence-electron chi connectivity index (χ1n) is 11.7. The predicted octanol–water partition coefficient (Wildman–Crippen LogP) is 3.68. The smallest absolute Gasteiger partial charge is 0.377 e. The quantitative estimate of drug-likeness (QED) is 0.650. The van der Waals surface area contributed by atoms with Gasteiger partial charge in [0.2, 0.25) is 5.91 Å². The van der Waals surface area contributed by atoms with E-state index in [9.17, 15) is 18.0 Å². The van der Waals surface area contributed by atoms with Crippen LogP contribution in [0.3, 0.4) is 0 Å². The fourth-order valence-electron chi connectivity index (χ4n) is 5.36. The number of halogens is 4. The molecule has 0 unspecified atom stereocenters. The number of amides is 1. The predicted molar refractivity (Wildman–Crippen MR) is 117 cm³/mol. The molecule has 1 aromatic carbocycles. The van der Waals surface area contributed by atoms with Crippen LogP contribution >= 0.6 is 11.6 Å². The van der Waals surface area contributed by atoms with Gasteiger partial charge in [-0.3, -0.25) is 14.3 Å². The molecule has 1 aromatic heterocycles. The molecule has 4 heterocycles. The average Bonchev–Trinajstić information content (AvgIpc) is 3.54. The van der Waals surface area contributed by atoms with Crippen LogP contribution in [0.5, 0.6) is 0 Å². The third-order valence-corrected chi connectivity index (χ3v) is 7.88. The van der Waals surface area contributed by atoms with Gasteiger partial charge in [0.05, 0.1) is 25.4 Å². The lowest BCUT2D eigenvalue weighted by molar-refractivity contribution is -0.310. The van der Waals surface area contributed by atoms with Gasteiger partial charge in [-0.15, -0.1) is 10.2 Å². The number of hydrogen-bond acceptors (Lipinski definition) is 5. The molecule has 0 spiro atoms. The molecular weight excluding hydrogens is 471 g/mol. The van der Waals surface area contributed by atoms with Crippen molar-refractivity contribution in [3.8, 4) is 5.69 Å². The normalized spacial score (nSPS) is 23.1. The average molecular weight is 496 g/mol. The summed E-state index contributed by atoms with van der Waals surface area (Å²) in [5.41, 5.74) is -0.595. The van der Waals surface area contributed by atoms with Gasteiger partial charge in [-0.2, -0.15) is 13.2 Å². The highest BCUT2D eigenvalue weighted by molar-refractivity contribution is 6.30. The molecule has 11 heteroatoms. The van der Waals surface area contributed by atoms with E-state index in [1.807, 2.05) is 15.5 Å². The van der Waals surface area contributed by atoms with Crippen LogP contribution in [0.1, 0.15) is 48.8 Å². The largest absolute Gasteiger partial charge is 0.411 e.